The SMILES string of the molecule is CCCCCCCCCCCCNC[C@H](O)c1cc(-c2ccc(Cl)cc2)nc2cc(C)ccc12. The lowest BCUT2D eigenvalue weighted by Crippen LogP contribution is -2.22. The average Bonchev–Trinajstić information content (AvgIpc) is 2.84. The largest absolute Gasteiger partial charge is 0.387 e. The third-order valence-electron chi connectivity index (χ3n) is 6.54. The van der Waals surface area contributed by atoms with Crippen molar-refractivity contribution in [2.45, 2.75) is 84.2 Å². The van der Waals surface area contributed by atoms with Gasteiger partial charge in [-0.25, -0.2) is 4.98 Å². The van der Waals surface area contributed by atoms with E-state index in [-0.39, 0.29) is 0 Å². The summed E-state index contributed by atoms with van der Waals surface area (Å²) in [6, 6.07) is 16.0. The van der Waals surface area contributed by atoms with Gasteiger partial charge in [-0.1, -0.05) is 101 Å². The fourth-order valence-electron chi connectivity index (χ4n) is 4.50. The Bertz CT molecular complexity index is 1000. The molecule has 1 heterocycles. The second-order valence-corrected chi connectivity index (χ2v) is 9.96. The van der Waals surface area contributed by atoms with Crippen molar-refractivity contribution in [2.75, 3.05) is 13.1 Å². The van der Waals surface area contributed by atoms with Crippen LogP contribution in [0.4, 0.5) is 0 Å². The van der Waals surface area contributed by atoms with Gasteiger partial charge in [-0.15, -0.1) is 0 Å². The Kier molecular flexibility index (Phi) is 11.3. The summed E-state index contributed by atoms with van der Waals surface area (Å²) in [5.74, 6) is 0. The maximum absolute atomic E-state index is 11.1. The molecule has 3 aromatic rings. The maximum atomic E-state index is 11.1. The Labute approximate surface area is 211 Å². The molecule has 3 nitrogen and oxygen atoms in total. The van der Waals surface area contributed by atoms with Crippen LogP contribution in [0, 0.1) is 6.92 Å². The molecule has 184 valence electrons. The number of halogens is 1. The molecule has 0 fully saturated rings. The molecule has 0 aliphatic heterocycles. The van der Waals surface area contributed by atoms with Gasteiger partial charge < -0.3 is 10.4 Å². The number of unbranched alkanes of at least 4 members (excludes halogenated alkanes) is 9. The third-order valence-corrected chi connectivity index (χ3v) is 6.79. The van der Waals surface area contributed by atoms with Crippen LogP contribution in [0.3, 0.4) is 0 Å². The quantitative estimate of drug-likeness (QED) is 0.214. The van der Waals surface area contributed by atoms with Crippen molar-refractivity contribution in [3.05, 3.63) is 64.7 Å². The molecule has 0 saturated heterocycles. The van der Waals surface area contributed by atoms with Crippen molar-refractivity contribution in [2.24, 2.45) is 0 Å². The molecule has 0 aliphatic rings. The van der Waals surface area contributed by atoms with Gasteiger partial charge in [0.2, 0.25) is 0 Å². The van der Waals surface area contributed by atoms with E-state index >= 15 is 0 Å². The van der Waals surface area contributed by atoms with Crippen molar-refractivity contribution in [3.63, 3.8) is 0 Å². The first-order valence-corrected chi connectivity index (χ1v) is 13.5. The fourth-order valence-corrected chi connectivity index (χ4v) is 4.62. The van der Waals surface area contributed by atoms with Crippen molar-refractivity contribution in [1.29, 1.82) is 0 Å². The number of aromatic nitrogens is 1. The second-order valence-electron chi connectivity index (χ2n) is 9.53. The Morgan fingerprint density at radius 3 is 2.18 bits per heavy atom. The van der Waals surface area contributed by atoms with E-state index in [1.165, 1.54) is 57.8 Å². The fraction of sp³-hybridized carbons (Fsp3) is 0.500. The topological polar surface area (TPSA) is 45.1 Å². The van der Waals surface area contributed by atoms with Gasteiger partial charge >= 0.3 is 0 Å². The van der Waals surface area contributed by atoms with Crippen LogP contribution in [-0.4, -0.2) is 23.2 Å². The van der Waals surface area contributed by atoms with E-state index in [1.54, 1.807) is 0 Å². The minimum absolute atomic E-state index is 0.546. The van der Waals surface area contributed by atoms with Crippen LogP contribution in [-0.2, 0) is 0 Å². The first-order chi connectivity index (χ1) is 16.6. The van der Waals surface area contributed by atoms with Crippen LogP contribution < -0.4 is 5.32 Å². The van der Waals surface area contributed by atoms with E-state index in [9.17, 15) is 5.11 Å². The number of hydrogen-bond donors (Lipinski definition) is 2. The van der Waals surface area contributed by atoms with E-state index in [0.29, 0.717) is 11.6 Å². The van der Waals surface area contributed by atoms with Crippen LogP contribution in [0.2, 0.25) is 5.02 Å². The van der Waals surface area contributed by atoms with E-state index < -0.39 is 6.10 Å². The molecular weight excluding hydrogens is 440 g/mol. The molecule has 1 aromatic heterocycles. The van der Waals surface area contributed by atoms with Crippen molar-refractivity contribution in [1.82, 2.24) is 10.3 Å². The minimum Gasteiger partial charge on any atom is -0.387 e. The number of aliphatic hydroxyl groups is 1. The standard InChI is InChI=1S/C30H41ClN2O/c1-3-4-5-6-7-8-9-10-11-12-19-32-22-30(34)27-21-28(24-14-16-25(31)17-15-24)33-29-20-23(2)13-18-26(27)29/h13-18,20-21,30,32,34H,3-12,19,22H2,1-2H3/t30-/m0/s1. The van der Waals surface area contributed by atoms with Gasteiger partial charge in [-0.2, -0.15) is 0 Å². The lowest BCUT2D eigenvalue weighted by Gasteiger charge is -2.17. The van der Waals surface area contributed by atoms with Gasteiger partial charge in [0, 0.05) is 22.5 Å². The molecule has 0 aliphatic carbocycles. The summed E-state index contributed by atoms with van der Waals surface area (Å²) in [6.07, 6.45) is 12.8. The zero-order valence-electron chi connectivity index (χ0n) is 21.0. The summed E-state index contributed by atoms with van der Waals surface area (Å²) in [7, 11) is 0. The monoisotopic (exact) mass is 480 g/mol. The van der Waals surface area contributed by atoms with E-state index in [4.69, 9.17) is 16.6 Å². The van der Waals surface area contributed by atoms with Crippen LogP contribution in [0.1, 0.15) is 88.4 Å². The van der Waals surface area contributed by atoms with Crippen molar-refractivity contribution >= 4 is 22.5 Å². The normalized spacial score (nSPS) is 12.4. The predicted octanol–water partition coefficient (Wildman–Crippen LogP) is 8.41. The number of pyridine rings is 1. The van der Waals surface area contributed by atoms with Crippen molar-refractivity contribution < 1.29 is 5.11 Å². The number of benzene rings is 2. The smallest absolute Gasteiger partial charge is 0.0921 e. The molecule has 0 radical (unpaired) electrons. The summed E-state index contributed by atoms with van der Waals surface area (Å²) in [6.45, 7) is 5.83. The highest BCUT2D eigenvalue weighted by Crippen LogP contribution is 2.30. The Balaban J connectivity index is 1.50. The lowest BCUT2D eigenvalue weighted by molar-refractivity contribution is 0.176. The number of aliphatic hydroxyl groups excluding tert-OH is 1. The first kappa shape index (κ1) is 26.7. The molecule has 2 N–H and O–H groups in total. The highest BCUT2D eigenvalue weighted by molar-refractivity contribution is 6.30. The van der Waals surface area contributed by atoms with Crippen LogP contribution in [0.25, 0.3) is 22.2 Å². The molecule has 1 atom stereocenters. The van der Waals surface area contributed by atoms with Gasteiger partial charge in [0.25, 0.3) is 0 Å². The zero-order valence-corrected chi connectivity index (χ0v) is 21.7. The van der Waals surface area contributed by atoms with Gasteiger partial charge in [0.1, 0.15) is 0 Å². The number of rotatable bonds is 15. The Morgan fingerprint density at radius 2 is 1.50 bits per heavy atom. The van der Waals surface area contributed by atoms with Crippen LogP contribution >= 0.6 is 11.6 Å². The number of nitrogens with zero attached hydrogens (tertiary/aromatic N) is 1. The summed E-state index contributed by atoms with van der Waals surface area (Å²) < 4.78 is 0. The van der Waals surface area contributed by atoms with E-state index in [2.05, 4.69) is 37.4 Å². The number of hydrogen-bond acceptors (Lipinski definition) is 3. The second kappa shape index (κ2) is 14.5. The van der Waals surface area contributed by atoms with Crippen LogP contribution in [0.15, 0.2) is 48.5 Å². The molecule has 0 amide bonds. The molecule has 4 heteroatoms. The summed E-state index contributed by atoms with van der Waals surface area (Å²) in [4.78, 5) is 4.87. The summed E-state index contributed by atoms with van der Waals surface area (Å²) in [5, 5.41) is 16.2. The third kappa shape index (κ3) is 8.37. The lowest BCUT2D eigenvalue weighted by atomic mass is 9.99. The molecule has 34 heavy (non-hydrogen) atoms. The van der Waals surface area contributed by atoms with Crippen LogP contribution in [0.5, 0.6) is 0 Å². The van der Waals surface area contributed by atoms with Crippen molar-refractivity contribution in [3.8, 4) is 11.3 Å². The Morgan fingerprint density at radius 1 is 0.853 bits per heavy atom. The van der Waals surface area contributed by atoms with Gasteiger partial charge in [0.15, 0.2) is 0 Å². The molecular formula is C30H41ClN2O. The molecule has 0 unspecified atom stereocenters. The average molecular weight is 481 g/mol. The van der Waals surface area contributed by atoms with Gasteiger partial charge in [-0.3, -0.25) is 0 Å². The van der Waals surface area contributed by atoms with E-state index in [1.807, 2.05) is 30.3 Å². The maximum Gasteiger partial charge on any atom is 0.0921 e. The first-order valence-electron chi connectivity index (χ1n) is 13.1. The molecule has 3 rings (SSSR count). The molecule has 0 spiro atoms. The summed E-state index contributed by atoms with van der Waals surface area (Å²) in [5.41, 5.74) is 4.85. The number of fused-ring (bicyclic) bond motifs is 1. The predicted molar refractivity (Wildman–Crippen MR) is 147 cm³/mol. The molecule has 0 bridgehead atoms. The Hall–Kier alpha value is -1.94. The van der Waals surface area contributed by atoms with Gasteiger partial charge in [0.05, 0.1) is 17.3 Å². The van der Waals surface area contributed by atoms with E-state index in [0.717, 1.165) is 46.3 Å². The number of nitrogens with one attached hydrogen (secondary N) is 1. The molecule has 0 saturated carbocycles. The minimum atomic E-state index is -0.581. The summed E-state index contributed by atoms with van der Waals surface area (Å²) >= 11 is 6.07. The zero-order chi connectivity index (χ0) is 24.2. The highest BCUT2D eigenvalue weighted by Gasteiger charge is 2.15. The highest BCUT2D eigenvalue weighted by atomic mass is 35.5. The number of aryl methyl sites for hydroxylation is 1. The molecule has 2 aromatic carbocycles. The van der Waals surface area contributed by atoms with Gasteiger partial charge in [-0.05, 0) is 55.3 Å².